The summed E-state index contributed by atoms with van der Waals surface area (Å²) in [5.74, 6) is 1.49. The van der Waals surface area contributed by atoms with Gasteiger partial charge in [0.05, 0.1) is 0 Å². The van der Waals surface area contributed by atoms with E-state index in [4.69, 9.17) is 5.73 Å². The number of rotatable bonds is 8. The highest BCUT2D eigenvalue weighted by molar-refractivity contribution is 8.00. The number of amides is 1. The summed E-state index contributed by atoms with van der Waals surface area (Å²) in [6.45, 7) is 1.64. The molecule has 0 bridgehead atoms. The van der Waals surface area contributed by atoms with Gasteiger partial charge in [0, 0.05) is 18.2 Å². The van der Waals surface area contributed by atoms with Crippen molar-refractivity contribution < 1.29 is 4.79 Å². The van der Waals surface area contributed by atoms with E-state index in [1.54, 1.807) is 0 Å². The van der Waals surface area contributed by atoms with Crippen LogP contribution in [0.1, 0.15) is 44.9 Å². The Balaban J connectivity index is 1.90. The van der Waals surface area contributed by atoms with Crippen LogP contribution in [0.25, 0.3) is 0 Å². The molecule has 1 atom stereocenters. The minimum absolute atomic E-state index is 0.222. The third-order valence-corrected chi connectivity index (χ3v) is 4.31. The van der Waals surface area contributed by atoms with Crippen LogP contribution in [0.15, 0.2) is 0 Å². The molecule has 1 unspecified atom stereocenters. The van der Waals surface area contributed by atoms with E-state index in [1.165, 1.54) is 18.6 Å². The fourth-order valence-corrected chi connectivity index (χ4v) is 3.11. The number of nitrogens with two attached hydrogens (primary N) is 1. The zero-order valence-corrected chi connectivity index (χ0v) is 10.9. The number of thioether (sulfide) groups is 1. The summed E-state index contributed by atoms with van der Waals surface area (Å²) in [7, 11) is 0. The Hall–Kier alpha value is -0.220. The lowest BCUT2D eigenvalue weighted by molar-refractivity contribution is -0.121. The van der Waals surface area contributed by atoms with Crippen molar-refractivity contribution in [2.75, 3.05) is 18.8 Å². The number of carbonyl (C=O) groups is 1. The molecule has 0 radical (unpaired) electrons. The van der Waals surface area contributed by atoms with E-state index >= 15 is 0 Å². The molecule has 1 aliphatic heterocycles. The Kier molecular flexibility index (Phi) is 7.68. The molecule has 1 saturated heterocycles. The molecule has 0 aromatic carbocycles. The monoisotopic (exact) mass is 244 g/mol. The second-order valence-electron chi connectivity index (χ2n) is 4.39. The van der Waals surface area contributed by atoms with Gasteiger partial charge >= 0.3 is 0 Å². The Labute approximate surface area is 103 Å². The molecule has 0 aromatic heterocycles. The third-order valence-electron chi connectivity index (χ3n) is 2.91. The van der Waals surface area contributed by atoms with Crippen molar-refractivity contribution in [2.24, 2.45) is 5.73 Å². The minimum atomic E-state index is 0.222. The van der Waals surface area contributed by atoms with E-state index in [0.29, 0.717) is 11.7 Å². The van der Waals surface area contributed by atoms with Crippen LogP contribution in [0.2, 0.25) is 0 Å². The highest BCUT2D eigenvalue weighted by Crippen LogP contribution is 2.25. The third kappa shape index (κ3) is 6.38. The van der Waals surface area contributed by atoms with Gasteiger partial charge in [-0.2, -0.15) is 11.8 Å². The van der Waals surface area contributed by atoms with Crippen LogP contribution < -0.4 is 11.1 Å². The van der Waals surface area contributed by atoms with E-state index in [1.807, 2.05) is 11.8 Å². The zero-order valence-electron chi connectivity index (χ0n) is 10.0. The lowest BCUT2D eigenvalue weighted by Crippen LogP contribution is -2.29. The minimum Gasteiger partial charge on any atom is -0.355 e. The molecule has 1 heterocycles. The molecule has 3 N–H and O–H groups in total. The van der Waals surface area contributed by atoms with Crippen LogP contribution in [-0.4, -0.2) is 30.0 Å². The number of nitrogens with one attached hydrogen (secondary N) is 1. The fraction of sp³-hybridized carbons (Fsp3) is 0.917. The second kappa shape index (κ2) is 8.88. The van der Waals surface area contributed by atoms with Gasteiger partial charge in [0.25, 0.3) is 0 Å². The first-order valence-electron chi connectivity index (χ1n) is 6.41. The molecule has 1 fully saturated rings. The average molecular weight is 244 g/mol. The summed E-state index contributed by atoms with van der Waals surface area (Å²) in [5, 5.41) is 3.70. The van der Waals surface area contributed by atoms with E-state index in [9.17, 15) is 4.79 Å². The lowest BCUT2D eigenvalue weighted by Gasteiger charge is -2.09. The van der Waals surface area contributed by atoms with Gasteiger partial charge in [0.1, 0.15) is 0 Å². The van der Waals surface area contributed by atoms with E-state index < -0.39 is 0 Å². The van der Waals surface area contributed by atoms with Crippen molar-refractivity contribution in [3.8, 4) is 0 Å². The SMILES string of the molecule is NCCCCCCC(=O)NCC1CCCS1. The molecule has 0 saturated carbocycles. The van der Waals surface area contributed by atoms with E-state index in [0.717, 1.165) is 38.8 Å². The standard InChI is InChI=1S/C12H24N2OS/c13-8-4-2-1-3-7-12(15)14-10-11-6-5-9-16-11/h11H,1-10,13H2,(H,14,15). The predicted molar refractivity (Wildman–Crippen MR) is 70.6 cm³/mol. The highest BCUT2D eigenvalue weighted by Gasteiger charge is 2.15. The molecule has 0 aliphatic carbocycles. The summed E-state index contributed by atoms with van der Waals surface area (Å²) in [5.41, 5.74) is 5.41. The predicted octanol–water partition coefficient (Wildman–Crippen LogP) is 1.91. The normalized spacial score (nSPS) is 19.9. The summed E-state index contributed by atoms with van der Waals surface area (Å²) in [6, 6.07) is 0. The molecule has 94 valence electrons. The van der Waals surface area contributed by atoms with Crippen LogP contribution in [-0.2, 0) is 4.79 Å². The first kappa shape index (κ1) is 13.8. The summed E-state index contributed by atoms with van der Waals surface area (Å²) < 4.78 is 0. The molecule has 3 nitrogen and oxygen atoms in total. The van der Waals surface area contributed by atoms with Crippen LogP contribution in [0.5, 0.6) is 0 Å². The molecule has 0 spiro atoms. The van der Waals surface area contributed by atoms with Gasteiger partial charge in [-0.25, -0.2) is 0 Å². The Morgan fingerprint density at radius 2 is 2.12 bits per heavy atom. The molecular weight excluding hydrogens is 220 g/mol. The number of hydrogen-bond acceptors (Lipinski definition) is 3. The summed E-state index contributed by atoms with van der Waals surface area (Å²) >= 11 is 1.99. The Bertz CT molecular complexity index is 193. The van der Waals surface area contributed by atoms with Crippen molar-refractivity contribution in [3.05, 3.63) is 0 Å². The topological polar surface area (TPSA) is 55.1 Å². The molecular formula is C12H24N2OS. The average Bonchev–Trinajstić information content (AvgIpc) is 2.79. The van der Waals surface area contributed by atoms with E-state index in [-0.39, 0.29) is 5.91 Å². The zero-order chi connectivity index (χ0) is 11.6. The summed E-state index contributed by atoms with van der Waals surface area (Å²) in [6.07, 6.45) is 7.63. The number of carbonyl (C=O) groups excluding carboxylic acids is 1. The first-order valence-corrected chi connectivity index (χ1v) is 7.46. The van der Waals surface area contributed by atoms with Gasteiger partial charge in [0.2, 0.25) is 5.91 Å². The van der Waals surface area contributed by atoms with Crippen molar-refractivity contribution >= 4 is 17.7 Å². The fourth-order valence-electron chi connectivity index (χ4n) is 1.90. The lowest BCUT2D eigenvalue weighted by atomic mass is 10.1. The van der Waals surface area contributed by atoms with Gasteiger partial charge < -0.3 is 11.1 Å². The molecule has 0 aromatic rings. The Morgan fingerprint density at radius 1 is 1.31 bits per heavy atom. The maximum Gasteiger partial charge on any atom is 0.220 e. The van der Waals surface area contributed by atoms with Crippen molar-refractivity contribution in [2.45, 2.75) is 50.2 Å². The van der Waals surface area contributed by atoms with Gasteiger partial charge in [0.15, 0.2) is 0 Å². The van der Waals surface area contributed by atoms with Crippen LogP contribution in [0, 0.1) is 0 Å². The quantitative estimate of drug-likeness (QED) is 0.641. The van der Waals surface area contributed by atoms with Crippen LogP contribution in [0.4, 0.5) is 0 Å². The Morgan fingerprint density at radius 3 is 2.81 bits per heavy atom. The van der Waals surface area contributed by atoms with Gasteiger partial charge in [-0.15, -0.1) is 0 Å². The molecule has 1 aliphatic rings. The van der Waals surface area contributed by atoms with Gasteiger partial charge in [-0.05, 0) is 38.0 Å². The first-order chi connectivity index (χ1) is 7.83. The van der Waals surface area contributed by atoms with Crippen LogP contribution >= 0.6 is 11.8 Å². The van der Waals surface area contributed by atoms with E-state index in [2.05, 4.69) is 5.32 Å². The number of hydrogen-bond donors (Lipinski definition) is 2. The summed E-state index contributed by atoms with van der Waals surface area (Å²) in [4.78, 5) is 11.5. The molecule has 1 rings (SSSR count). The van der Waals surface area contributed by atoms with Gasteiger partial charge in [-0.1, -0.05) is 12.8 Å². The largest absolute Gasteiger partial charge is 0.355 e. The van der Waals surface area contributed by atoms with Crippen molar-refractivity contribution in [1.29, 1.82) is 0 Å². The highest BCUT2D eigenvalue weighted by atomic mass is 32.2. The smallest absolute Gasteiger partial charge is 0.220 e. The maximum absolute atomic E-state index is 11.5. The molecule has 16 heavy (non-hydrogen) atoms. The van der Waals surface area contributed by atoms with Gasteiger partial charge in [-0.3, -0.25) is 4.79 Å². The molecule has 4 heteroatoms. The van der Waals surface area contributed by atoms with Crippen molar-refractivity contribution in [3.63, 3.8) is 0 Å². The number of unbranched alkanes of at least 4 members (excludes halogenated alkanes) is 3. The molecule has 1 amide bonds. The second-order valence-corrected chi connectivity index (χ2v) is 5.80. The van der Waals surface area contributed by atoms with Crippen molar-refractivity contribution in [1.82, 2.24) is 5.32 Å². The van der Waals surface area contributed by atoms with Crippen LogP contribution in [0.3, 0.4) is 0 Å². The maximum atomic E-state index is 11.5.